The molecule has 0 unspecified atom stereocenters. The van der Waals surface area contributed by atoms with Gasteiger partial charge in [-0.1, -0.05) is 0 Å². The van der Waals surface area contributed by atoms with Gasteiger partial charge >= 0.3 is 0 Å². The van der Waals surface area contributed by atoms with Crippen LogP contribution in [0.15, 0.2) is 10.2 Å². The molecule has 0 aromatic heterocycles. The smallest absolute Gasteiger partial charge is 0.286 e. The molecule has 0 aromatic rings. The van der Waals surface area contributed by atoms with Crippen LogP contribution in [0, 0.1) is 20.2 Å². The summed E-state index contributed by atoms with van der Waals surface area (Å²) in [5.41, 5.74) is 7.08. The molecule has 0 rings (SSSR count). The predicted octanol–water partition coefficient (Wildman–Crippen LogP) is -1.26. The highest BCUT2D eigenvalue weighted by atomic mass is 16.7. The van der Waals surface area contributed by atoms with Crippen molar-refractivity contribution in [2.75, 3.05) is 6.54 Å². The van der Waals surface area contributed by atoms with E-state index in [1.54, 1.807) is 0 Å². The molecule has 0 heterocycles. The van der Waals surface area contributed by atoms with Gasteiger partial charge in [-0.3, -0.25) is 10.1 Å². The molecular formula is C4H8N6O4. The number of hydrogen-bond acceptors (Lipinski definition) is 5. The van der Waals surface area contributed by atoms with Crippen LogP contribution in [0.25, 0.3) is 0 Å². The van der Waals surface area contributed by atoms with Gasteiger partial charge in [0.25, 0.3) is 5.96 Å². The predicted molar refractivity (Wildman–Crippen MR) is 46.7 cm³/mol. The number of hydrogen-bond donors (Lipinski definition) is 2. The Labute approximate surface area is 77.8 Å². The van der Waals surface area contributed by atoms with Crippen LogP contribution in [0.4, 0.5) is 0 Å². The van der Waals surface area contributed by atoms with Gasteiger partial charge in [0.05, 0.1) is 0 Å². The van der Waals surface area contributed by atoms with Crippen LogP contribution >= 0.6 is 0 Å². The Kier molecular flexibility index (Phi) is 4.53. The summed E-state index contributed by atoms with van der Waals surface area (Å²) < 4.78 is 0. The monoisotopic (exact) mass is 204 g/mol. The van der Waals surface area contributed by atoms with Crippen molar-refractivity contribution in [2.24, 2.45) is 15.9 Å². The van der Waals surface area contributed by atoms with Gasteiger partial charge in [0.1, 0.15) is 10.8 Å². The standard InChI is InChI=1S/C4H8N6O4/c1-3(2-9(11)12)6-7-4(5)8-10(13)14/h2H2,1H3,(H3,5,7,8)/b6-3-. The largest absolute Gasteiger partial charge is 0.363 e. The van der Waals surface area contributed by atoms with E-state index in [2.05, 4.69) is 10.2 Å². The first kappa shape index (κ1) is 11.7. The molecule has 0 aliphatic rings. The lowest BCUT2D eigenvalue weighted by Crippen LogP contribution is -2.30. The summed E-state index contributed by atoms with van der Waals surface area (Å²) in [6.45, 7) is 0.897. The van der Waals surface area contributed by atoms with E-state index < -0.39 is 22.5 Å². The SMILES string of the molecule is C/C(C[N+](=O)[O-])=N/N/C(N)=N/[N+](=O)[O-]. The van der Waals surface area contributed by atoms with Crippen LogP contribution in [0.3, 0.4) is 0 Å². The second-order valence-corrected chi connectivity index (χ2v) is 2.17. The van der Waals surface area contributed by atoms with Crippen LogP contribution in [-0.2, 0) is 0 Å². The Morgan fingerprint density at radius 1 is 1.50 bits per heavy atom. The zero-order valence-corrected chi connectivity index (χ0v) is 7.21. The number of nitro groups is 2. The summed E-state index contributed by atoms with van der Waals surface area (Å²) in [5.74, 6) is -0.544. The minimum atomic E-state index is -1.01. The lowest BCUT2D eigenvalue weighted by Gasteiger charge is -1.95. The first-order valence-electron chi connectivity index (χ1n) is 3.31. The van der Waals surface area contributed by atoms with Crippen LogP contribution in [0.5, 0.6) is 0 Å². The average Bonchev–Trinajstić information content (AvgIpc) is 1.98. The van der Waals surface area contributed by atoms with Gasteiger partial charge < -0.3 is 5.73 Å². The number of nitrogens with one attached hydrogen (secondary N) is 1. The number of guanidine groups is 1. The fourth-order valence-corrected chi connectivity index (χ4v) is 0.485. The van der Waals surface area contributed by atoms with E-state index in [-0.39, 0.29) is 5.71 Å². The molecule has 0 bridgehead atoms. The molecule has 0 atom stereocenters. The maximum absolute atomic E-state index is 9.96. The molecular weight excluding hydrogens is 196 g/mol. The lowest BCUT2D eigenvalue weighted by molar-refractivity contribution is -0.485. The molecule has 0 aliphatic carbocycles. The minimum absolute atomic E-state index is 0.122. The molecule has 0 aromatic carbocycles. The number of nitrogens with two attached hydrogens (primary N) is 1. The Balaban J connectivity index is 4.15. The van der Waals surface area contributed by atoms with Gasteiger partial charge in [0.2, 0.25) is 6.54 Å². The van der Waals surface area contributed by atoms with E-state index in [1.807, 2.05) is 5.43 Å². The molecule has 78 valence electrons. The van der Waals surface area contributed by atoms with Crippen LogP contribution in [0.1, 0.15) is 6.92 Å². The van der Waals surface area contributed by atoms with E-state index in [1.165, 1.54) is 6.92 Å². The third kappa shape index (κ3) is 6.45. The summed E-state index contributed by atoms with van der Waals surface area (Å²) in [6, 6.07) is 0. The molecule has 10 nitrogen and oxygen atoms in total. The van der Waals surface area contributed by atoms with Gasteiger partial charge in [0, 0.05) is 4.92 Å². The molecule has 0 amide bonds. The second kappa shape index (κ2) is 5.40. The normalized spacial score (nSPS) is 12.4. The van der Waals surface area contributed by atoms with Gasteiger partial charge in [-0.15, -0.1) is 0 Å². The summed E-state index contributed by atoms with van der Waals surface area (Å²) in [4.78, 5) is 19.1. The number of rotatable bonds is 4. The molecule has 3 N–H and O–H groups in total. The maximum atomic E-state index is 9.96. The van der Waals surface area contributed by atoms with Crippen LogP contribution in [0.2, 0.25) is 0 Å². The Morgan fingerprint density at radius 3 is 2.50 bits per heavy atom. The molecule has 0 saturated carbocycles. The highest BCUT2D eigenvalue weighted by Gasteiger charge is 2.02. The third-order valence-corrected chi connectivity index (χ3v) is 0.909. The fourth-order valence-electron chi connectivity index (χ4n) is 0.485. The van der Waals surface area contributed by atoms with E-state index in [9.17, 15) is 20.2 Å². The van der Waals surface area contributed by atoms with Crippen LogP contribution < -0.4 is 11.2 Å². The van der Waals surface area contributed by atoms with Gasteiger partial charge in [-0.05, 0) is 6.92 Å². The van der Waals surface area contributed by atoms with Gasteiger partial charge in [-0.25, -0.2) is 15.5 Å². The van der Waals surface area contributed by atoms with E-state index >= 15 is 0 Å². The quantitative estimate of drug-likeness (QED) is 0.252. The van der Waals surface area contributed by atoms with Crippen molar-refractivity contribution in [3.63, 3.8) is 0 Å². The van der Waals surface area contributed by atoms with Gasteiger partial charge in [0.15, 0.2) is 5.03 Å². The lowest BCUT2D eigenvalue weighted by atomic mass is 10.4. The minimum Gasteiger partial charge on any atom is -0.363 e. The Morgan fingerprint density at radius 2 is 2.07 bits per heavy atom. The number of hydrazone groups is 2. The fraction of sp³-hybridized carbons (Fsp3) is 0.500. The van der Waals surface area contributed by atoms with Crippen molar-refractivity contribution >= 4 is 11.7 Å². The first-order chi connectivity index (χ1) is 6.41. The average molecular weight is 204 g/mol. The summed E-state index contributed by atoms with van der Waals surface area (Å²) in [5, 5.41) is 24.8. The van der Waals surface area contributed by atoms with Crippen molar-refractivity contribution < 1.29 is 9.96 Å². The van der Waals surface area contributed by atoms with Gasteiger partial charge in [-0.2, -0.15) is 5.10 Å². The third-order valence-electron chi connectivity index (χ3n) is 0.909. The van der Waals surface area contributed by atoms with E-state index in [4.69, 9.17) is 5.73 Å². The maximum Gasteiger partial charge on any atom is 0.286 e. The Bertz CT molecular complexity index is 296. The molecule has 10 heteroatoms. The van der Waals surface area contributed by atoms with Crippen molar-refractivity contribution in [1.82, 2.24) is 5.43 Å². The highest BCUT2D eigenvalue weighted by molar-refractivity contribution is 5.85. The number of nitrogens with zero attached hydrogens (tertiary/aromatic N) is 4. The molecule has 0 radical (unpaired) electrons. The molecule has 14 heavy (non-hydrogen) atoms. The van der Waals surface area contributed by atoms with E-state index in [0.717, 1.165) is 0 Å². The topological polar surface area (TPSA) is 149 Å². The summed E-state index contributed by atoms with van der Waals surface area (Å²) >= 11 is 0. The van der Waals surface area contributed by atoms with Crippen molar-refractivity contribution in [2.45, 2.75) is 6.92 Å². The first-order valence-corrected chi connectivity index (χ1v) is 3.31. The van der Waals surface area contributed by atoms with Crippen molar-refractivity contribution in [3.8, 4) is 0 Å². The highest BCUT2D eigenvalue weighted by Crippen LogP contribution is 1.77. The summed E-state index contributed by atoms with van der Waals surface area (Å²) in [7, 11) is 0. The van der Waals surface area contributed by atoms with Crippen LogP contribution in [-0.4, -0.2) is 28.2 Å². The molecule has 0 saturated heterocycles. The molecule has 0 spiro atoms. The zero-order valence-electron chi connectivity index (χ0n) is 7.21. The van der Waals surface area contributed by atoms with E-state index in [0.29, 0.717) is 0 Å². The van der Waals surface area contributed by atoms with Crippen molar-refractivity contribution in [3.05, 3.63) is 20.2 Å². The Hall–Kier alpha value is -2.26. The molecule has 0 fully saturated rings. The molecule has 0 aliphatic heterocycles. The second-order valence-electron chi connectivity index (χ2n) is 2.17. The summed E-state index contributed by atoms with van der Waals surface area (Å²) in [6.07, 6.45) is 0. The van der Waals surface area contributed by atoms with Crippen molar-refractivity contribution in [1.29, 1.82) is 0 Å². The zero-order chi connectivity index (χ0) is 11.1.